The first kappa shape index (κ1) is 7.56. The molecule has 0 aromatic heterocycles. The molecule has 1 saturated heterocycles. The van der Waals surface area contributed by atoms with E-state index >= 15 is 0 Å². The van der Waals surface area contributed by atoms with E-state index in [-0.39, 0.29) is 11.7 Å². The first-order valence-corrected chi connectivity index (χ1v) is 4.63. The van der Waals surface area contributed by atoms with Gasteiger partial charge in [0.2, 0.25) is 0 Å². The minimum Gasteiger partial charge on any atom is -0.391 e. The van der Waals surface area contributed by atoms with Crippen molar-refractivity contribution in [2.75, 3.05) is 6.61 Å². The summed E-state index contributed by atoms with van der Waals surface area (Å²) in [5, 5.41) is 9.23. The maximum Gasteiger partial charge on any atom is 0.0775 e. The molecule has 1 heterocycles. The van der Waals surface area contributed by atoms with Gasteiger partial charge in [-0.1, -0.05) is 12.8 Å². The van der Waals surface area contributed by atoms with Crippen LogP contribution in [-0.2, 0) is 4.74 Å². The van der Waals surface area contributed by atoms with Gasteiger partial charge in [-0.2, -0.15) is 0 Å². The summed E-state index contributed by atoms with van der Waals surface area (Å²) in [5.74, 6) is 0. The number of hydrogen-bond donors (Lipinski definition) is 1. The van der Waals surface area contributed by atoms with E-state index in [0.29, 0.717) is 6.61 Å². The molecule has 1 aliphatic heterocycles. The highest BCUT2D eigenvalue weighted by Gasteiger charge is 2.38. The molecule has 1 unspecified atom stereocenters. The van der Waals surface area contributed by atoms with Crippen LogP contribution in [0.1, 0.15) is 38.5 Å². The zero-order chi connectivity index (χ0) is 7.73. The molecule has 0 amide bonds. The molecule has 2 aliphatic rings. The normalized spacial score (nSPS) is 36.3. The third kappa shape index (κ3) is 1.42. The van der Waals surface area contributed by atoms with E-state index in [1.54, 1.807) is 0 Å². The van der Waals surface area contributed by atoms with Crippen molar-refractivity contribution in [1.82, 2.24) is 0 Å². The number of ether oxygens (including phenoxy) is 1. The second kappa shape index (κ2) is 2.76. The van der Waals surface area contributed by atoms with Crippen LogP contribution in [0.3, 0.4) is 0 Å². The summed E-state index contributed by atoms with van der Waals surface area (Å²) in [4.78, 5) is 0. The van der Waals surface area contributed by atoms with E-state index in [1.807, 2.05) is 0 Å². The maximum absolute atomic E-state index is 9.23. The molecule has 0 bridgehead atoms. The minimum atomic E-state index is -0.193. The van der Waals surface area contributed by atoms with Gasteiger partial charge < -0.3 is 9.84 Å². The third-order valence-electron chi connectivity index (χ3n) is 3.03. The Balaban J connectivity index is 1.94. The molecule has 2 heteroatoms. The zero-order valence-electron chi connectivity index (χ0n) is 6.88. The van der Waals surface area contributed by atoms with Crippen molar-refractivity contribution < 1.29 is 9.84 Å². The van der Waals surface area contributed by atoms with Crippen LogP contribution < -0.4 is 0 Å². The van der Waals surface area contributed by atoms with Crippen LogP contribution >= 0.6 is 0 Å². The molecule has 0 aromatic carbocycles. The first-order chi connectivity index (χ1) is 5.31. The predicted octanol–water partition coefficient (Wildman–Crippen LogP) is 1.47. The lowest BCUT2D eigenvalue weighted by molar-refractivity contribution is -0.119. The molecule has 1 saturated carbocycles. The highest BCUT2D eigenvalue weighted by molar-refractivity contribution is 4.89. The van der Waals surface area contributed by atoms with Crippen LogP contribution in [0.25, 0.3) is 0 Å². The molecule has 0 aromatic rings. The smallest absolute Gasteiger partial charge is 0.0775 e. The van der Waals surface area contributed by atoms with Crippen molar-refractivity contribution in [2.45, 2.75) is 50.2 Å². The molecule has 1 N–H and O–H groups in total. The van der Waals surface area contributed by atoms with Crippen molar-refractivity contribution in [3.8, 4) is 0 Å². The average Bonchev–Trinajstić information content (AvgIpc) is 2.45. The molecule has 2 nitrogen and oxygen atoms in total. The van der Waals surface area contributed by atoms with Crippen molar-refractivity contribution in [3.63, 3.8) is 0 Å². The Kier molecular flexibility index (Phi) is 1.90. The van der Waals surface area contributed by atoms with E-state index in [0.717, 1.165) is 12.8 Å². The molecular weight excluding hydrogens is 140 g/mol. The second-order valence-electron chi connectivity index (χ2n) is 3.89. The van der Waals surface area contributed by atoms with E-state index in [4.69, 9.17) is 4.74 Å². The van der Waals surface area contributed by atoms with Gasteiger partial charge in [0, 0.05) is 0 Å². The van der Waals surface area contributed by atoms with Crippen molar-refractivity contribution >= 4 is 0 Å². The quantitative estimate of drug-likeness (QED) is 0.575. The van der Waals surface area contributed by atoms with Gasteiger partial charge >= 0.3 is 0 Å². The van der Waals surface area contributed by atoms with Crippen LogP contribution in [0, 0.1) is 0 Å². The van der Waals surface area contributed by atoms with Gasteiger partial charge in [0.1, 0.15) is 0 Å². The fourth-order valence-electron chi connectivity index (χ4n) is 2.27. The average molecular weight is 156 g/mol. The lowest BCUT2D eigenvalue weighted by Crippen LogP contribution is -2.38. The number of hydrogen-bond acceptors (Lipinski definition) is 2. The zero-order valence-corrected chi connectivity index (χ0v) is 6.88. The topological polar surface area (TPSA) is 29.5 Å². The second-order valence-corrected chi connectivity index (χ2v) is 3.89. The van der Waals surface area contributed by atoms with Gasteiger partial charge in [0.25, 0.3) is 0 Å². The minimum absolute atomic E-state index is 0.193. The number of rotatable bonds is 0. The van der Waals surface area contributed by atoms with Gasteiger partial charge in [-0.05, 0) is 25.7 Å². The van der Waals surface area contributed by atoms with Gasteiger partial charge in [0.15, 0.2) is 0 Å². The summed E-state index contributed by atoms with van der Waals surface area (Å²) in [7, 11) is 0. The summed E-state index contributed by atoms with van der Waals surface area (Å²) in [6, 6.07) is 0. The molecule has 1 aliphatic carbocycles. The molecule has 11 heavy (non-hydrogen) atoms. The maximum atomic E-state index is 9.23. The van der Waals surface area contributed by atoms with E-state index in [2.05, 4.69) is 0 Å². The lowest BCUT2D eigenvalue weighted by atomic mass is 9.91. The van der Waals surface area contributed by atoms with E-state index in [9.17, 15) is 5.11 Å². The van der Waals surface area contributed by atoms with Gasteiger partial charge in [-0.15, -0.1) is 0 Å². The first-order valence-electron chi connectivity index (χ1n) is 4.63. The van der Waals surface area contributed by atoms with Crippen molar-refractivity contribution in [2.24, 2.45) is 0 Å². The molecule has 2 fully saturated rings. The summed E-state index contributed by atoms with van der Waals surface area (Å²) < 4.78 is 5.69. The van der Waals surface area contributed by atoms with Crippen LogP contribution in [-0.4, -0.2) is 23.4 Å². The molecule has 64 valence electrons. The Bertz CT molecular complexity index is 128. The van der Waals surface area contributed by atoms with Gasteiger partial charge in [-0.3, -0.25) is 0 Å². The van der Waals surface area contributed by atoms with Crippen LogP contribution in [0.2, 0.25) is 0 Å². The highest BCUT2D eigenvalue weighted by Crippen LogP contribution is 2.39. The van der Waals surface area contributed by atoms with Gasteiger partial charge in [0.05, 0.1) is 18.3 Å². The summed E-state index contributed by atoms with van der Waals surface area (Å²) in [5.41, 5.74) is 0.194. The fraction of sp³-hybridized carbons (Fsp3) is 1.00. The highest BCUT2D eigenvalue weighted by atomic mass is 16.5. The largest absolute Gasteiger partial charge is 0.391 e. The Morgan fingerprint density at radius 1 is 1.18 bits per heavy atom. The molecule has 2 rings (SSSR count). The van der Waals surface area contributed by atoms with Crippen molar-refractivity contribution in [1.29, 1.82) is 0 Å². The lowest BCUT2D eigenvalue weighted by Gasteiger charge is -2.35. The monoisotopic (exact) mass is 156 g/mol. The van der Waals surface area contributed by atoms with Crippen molar-refractivity contribution in [3.05, 3.63) is 0 Å². The summed E-state index contributed by atoms with van der Waals surface area (Å²) >= 11 is 0. The Labute approximate surface area is 67.6 Å². The molecule has 1 atom stereocenters. The SMILES string of the molecule is OC1CCC2(CCCC2)OC1. The summed E-state index contributed by atoms with van der Waals surface area (Å²) in [6.07, 6.45) is 6.90. The summed E-state index contributed by atoms with van der Waals surface area (Å²) in [6.45, 7) is 0.569. The number of aliphatic hydroxyl groups excluding tert-OH is 1. The Hall–Kier alpha value is -0.0800. The fourth-order valence-corrected chi connectivity index (χ4v) is 2.27. The van der Waals surface area contributed by atoms with Crippen LogP contribution in [0.5, 0.6) is 0 Å². The molecular formula is C9H16O2. The van der Waals surface area contributed by atoms with E-state index < -0.39 is 0 Å². The van der Waals surface area contributed by atoms with Crippen LogP contribution in [0.4, 0.5) is 0 Å². The predicted molar refractivity (Wildman–Crippen MR) is 42.4 cm³/mol. The van der Waals surface area contributed by atoms with E-state index in [1.165, 1.54) is 25.7 Å². The Morgan fingerprint density at radius 3 is 2.45 bits per heavy atom. The molecule has 1 spiro atoms. The third-order valence-corrected chi connectivity index (χ3v) is 3.03. The standard InChI is InChI=1S/C9H16O2/c10-8-3-6-9(11-7-8)4-1-2-5-9/h8,10H,1-7H2. The van der Waals surface area contributed by atoms with Crippen LogP contribution in [0.15, 0.2) is 0 Å². The van der Waals surface area contributed by atoms with Gasteiger partial charge in [-0.25, -0.2) is 0 Å². The Morgan fingerprint density at radius 2 is 1.91 bits per heavy atom. The number of aliphatic hydroxyl groups is 1. The molecule has 0 radical (unpaired) electrons.